The summed E-state index contributed by atoms with van der Waals surface area (Å²) in [5, 5.41) is 46.3. The van der Waals surface area contributed by atoms with E-state index in [1.54, 1.807) is 36.7 Å². The van der Waals surface area contributed by atoms with Crippen LogP contribution in [0.3, 0.4) is 0 Å². The second kappa shape index (κ2) is 16.7. The molecule has 8 N–H and O–H groups in total. The Morgan fingerprint density at radius 2 is 1.16 bits per heavy atom. The number of hydrogen-bond donors (Lipinski definition) is 7. The van der Waals surface area contributed by atoms with Gasteiger partial charge in [0.15, 0.2) is 0 Å². The largest absolute Gasteiger partial charge is 0.488 e. The van der Waals surface area contributed by atoms with E-state index < -0.39 is 20.2 Å². The van der Waals surface area contributed by atoms with Gasteiger partial charge in [-0.1, -0.05) is 36.4 Å². The molecule has 0 bridgehead atoms. The van der Waals surface area contributed by atoms with E-state index in [1.807, 2.05) is 12.1 Å². The zero-order chi connectivity index (χ0) is 27.2. The maximum atomic E-state index is 11.8. The molecule has 0 atom stereocenters. The van der Waals surface area contributed by atoms with Crippen LogP contribution in [0.25, 0.3) is 0 Å². The van der Waals surface area contributed by atoms with Crippen molar-refractivity contribution in [1.29, 1.82) is 0 Å². The van der Waals surface area contributed by atoms with Crippen LogP contribution in [-0.4, -0.2) is 61.3 Å². The van der Waals surface area contributed by atoms with E-state index in [4.69, 9.17) is 30.9 Å². The fourth-order valence-corrected chi connectivity index (χ4v) is 2.61. The number of nitrogens with two attached hydrogens (primary N) is 1. The number of carbonyl (C=O) groups is 2. The Bertz CT molecular complexity index is 1250. The van der Waals surface area contributed by atoms with Crippen molar-refractivity contribution in [2.24, 2.45) is 0 Å². The third kappa shape index (κ3) is 11.4. The molecule has 11 nitrogen and oxygen atoms in total. The summed E-state index contributed by atoms with van der Waals surface area (Å²) in [5.41, 5.74) is 6.41. The van der Waals surface area contributed by atoms with Gasteiger partial charge >= 0.3 is 20.2 Å². The minimum absolute atomic E-state index is 0. The number of anilines is 2. The molecule has 193 valence electrons. The number of nitrogen functional groups attached to an aromatic ring is 1. The summed E-state index contributed by atoms with van der Waals surface area (Å²) in [7, 11) is -3.08. The number of carbonyl (C=O) groups excluding carboxylic acids is 1. The van der Waals surface area contributed by atoms with Crippen molar-refractivity contribution in [2.45, 2.75) is 0 Å². The van der Waals surface area contributed by atoms with Crippen LogP contribution in [0, 0.1) is 0 Å². The van der Waals surface area contributed by atoms with Crippen LogP contribution in [0.15, 0.2) is 97.3 Å². The van der Waals surface area contributed by atoms with Crippen molar-refractivity contribution in [1.82, 2.24) is 9.97 Å². The number of hydrogen-bond acceptors (Lipinski definition) is 9. The predicted octanol–water partition coefficient (Wildman–Crippen LogP) is -0.260. The number of aromatic carboxylic acids is 1. The molecular weight excluding hydrogens is 529 g/mol. The molecule has 2 heterocycles. The normalized spacial score (nSPS) is 9.26. The zero-order valence-corrected chi connectivity index (χ0v) is 21.3. The molecule has 2 aromatic heterocycles. The minimum Gasteiger partial charge on any atom is -0.478 e. The van der Waals surface area contributed by atoms with E-state index >= 15 is 0 Å². The number of nitrogens with zero attached hydrogens (tertiary/aromatic N) is 2. The molecule has 0 aliphatic rings. The molecule has 1 radical (unpaired) electrons. The summed E-state index contributed by atoms with van der Waals surface area (Å²) in [5.74, 6) is -0.294. The number of nitrogens with one attached hydrogen (secondary N) is 1. The molecule has 1 amide bonds. The topological polar surface area (TPSA) is 199 Å². The van der Waals surface area contributed by atoms with E-state index in [9.17, 15) is 9.59 Å². The minimum atomic E-state index is -1.55. The maximum absolute atomic E-state index is 11.8. The van der Waals surface area contributed by atoms with Crippen molar-refractivity contribution < 1.29 is 53.3 Å². The first-order chi connectivity index (χ1) is 17.7. The Morgan fingerprint density at radius 3 is 1.50 bits per heavy atom. The van der Waals surface area contributed by atoms with E-state index in [2.05, 4.69) is 15.3 Å². The van der Waals surface area contributed by atoms with Crippen molar-refractivity contribution in [3.63, 3.8) is 0 Å². The van der Waals surface area contributed by atoms with Gasteiger partial charge in [-0.15, -0.1) is 0 Å². The van der Waals surface area contributed by atoms with E-state index in [-0.39, 0.29) is 35.5 Å². The number of rotatable bonds is 5. The van der Waals surface area contributed by atoms with Gasteiger partial charge in [-0.3, -0.25) is 4.79 Å². The van der Waals surface area contributed by atoms with E-state index in [0.717, 1.165) is 0 Å². The monoisotopic (exact) mass is 553 g/mol. The average molecular weight is 553 g/mol. The molecule has 0 saturated heterocycles. The van der Waals surface area contributed by atoms with Gasteiger partial charge in [0.2, 0.25) is 0 Å². The SMILES string of the molecule is Nc1ccccn1.O=C(Nc1ccccn1)c1ccc(B(O)O)cc1.O=C(O)c1ccc(B(O)O)cc1.[V]. The van der Waals surface area contributed by atoms with Gasteiger partial charge in [0.1, 0.15) is 11.6 Å². The predicted molar refractivity (Wildman–Crippen MR) is 140 cm³/mol. The maximum Gasteiger partial charge on any atom is 0.488 e. The first kappa shape index (κ1) is 32.1. The van der Waals surface area contributed by atoms with E-state index in [1.165, 1.54) is 48.5 Å². The molecular formula is C24H24B2N4O7V. The Hall–Kier alpha value is -3.97. The summed E-state index contributed by atoms with van der Waals surface area (Å²) >= 11 is 0. The number of benzene rings is 2. The molecule has 0 aliphatic heterocycles. The number of aromatic nitrogens is 2. The molecule has 0 aliphatic carbocycles. The molecule has 0 fully saturated rings. The third-order valence-corrected chi connectivity index (χ3v) is 4.52. The number of pyridine rings is 2. The fourth-order valence-electron chi connectivity index (χ4n) is 2.61. The molecule has 38 heavy (non-hydrogen) atoms. The van der Waals surface area contributed by atoms with Crippen LogP contribution < -0.4 is 22.0 Å². The van der Waals surface area contributed by atoms with Gasteiger partial charge in [-0.25, -0.2) is 14.8 Å². The molecule has 4 aromatic rings. The first-order valence-corrected chi connectivity index (χ1v) is 10.7. The Labute approximate surface area is 231 Å². The van der Waals surface area contributed by atoms with Crippen molar-refractivity contribution in [3.8, 4) is 0 Å². The van der Waals surface area contributed by atoms with Crippen LogP contribution in [0.5, 0.6) is 0 Å². The van der Waals surface area contributed by atoms with Crippen LogP contribution in [0.4, 0.5) is 11.6 Å². The number of carboxylic acid groups (broad SMARTS) is 1. The van der Waals surface area contributed by atoms with Crippen LogP contribution in [-0.2, 0) is 18.6 Å². The molecule has 0 unspecified atom stereocenters. The molecule has 14 heteroatoms. The summed E-state index contributed by atoms with van der Waals surface area (Å²) in [6.45, 7) is 0. The van der Waals surface area contributed by atoms with Gasteiger partial charge in [-0.05, 0) is 59.5 Å². The molecule has 0 saturated carbocycles. The van der Waals surface area contributed by atoms with Gasteiger partial charge < -0.3 is 36.3 Å². The summed E-state index contributed by atoms with van der Waals surface area (Å²) in [6, 6.07) is 22.0. The van der Waals surface area contributed by atoms with Crippen LogP contribution in [0.2, 0.25) is 0 Å². The first-order valence-electron chi connectivity index (χ1n) is 10.7. The Kier molecular flexibility index (Phi) is 14.1. The standard InChI is InChI=1S/C12H11BN2O3.C7H7BO4.C5H6N2.V/c16-12(15-11-3-1-2-8-14-11)9-4-6-10(7-5-9)13(17)18;9-7(10)5-1-3-6(4-2-5)8(11)12;6-5-3-1-2-4-7-5;/h1-8,17-18H,(H,14,15,16);1-4,11-12H,(H,9,10);1-4H,(H2,6,7);. The fraction of sp³-hybridized carbons (Fsp3) is 0. The smallest absolute Gasteiger partial charge is 0.478 e. The quantitative estimate of drug-likeness (QED) is 0.162. The summed E-state index contributed by atoms with van der Waals surface area (Å²) in [6.07, 6.45) is 3.25. The second-order valence-electron chi connectivity index (χ2n) is 7.22. The molecule has 0 spiro atoms. The van der Waals surface area contributed by atoms with Crippen LogP contribution in [0.1, 0.15) is 20.7 Å². The van der Waals surface area contributed by atoms with Crippen molar-refractivity contribution in [2.75, 3.05) is 11.1 Å². The summed E-state index contributed by atoms with van der Waals surface area (Å²) < 4.78 is 0. The van der Waals surface area contributed by atoms with Crippen molar-refractivity contribution in [3.05, 3.63) is 108 Å². The van der Waals surface area contributed by atoms with Crippen molar-refractivity contribution >= 4 is 48.7 Å². The molecule has 2 aromatic carbocycles. The van der Waals surface area contributed by atoms with Gasteiger partial charge in [-0.2, -0.15) is 0 Å². The average Bonchev–Trinajstić information content (AvgIpc) is 2.90. The zero-order valence-electron chi connectivity index (χ0n) is 19.9. The van der Waals surface area contributed by atoms with Gasteiger partial charge in [0.25, 0.3) is 5.91 Å². The number of carboxylic acids is 1. The number of amides is 1. The van der Waals surface area contributed by atoms with Gasteiger partial charge in [0.05, 0.1) is 5.56 Å². The van der Waals surface area contributed by atoms with Gasteiger partial charge in [0, 0.05) is 36.5 Å². The Balaban J connectivity index is 0.000000311. The van der Waals surface area contributed by atoms with Crippen LogP contribution >= 0.6 is 0 Å². The molecule has 4 rings (SSSR count). The second-order valence-corrected chi connectivity index (χ2v) is 7.22. The third-order valence-electron chi connectivity index (χ3n) is 4.52. The van der Waals surface area contributed by atoms with E-state index in [0.29, 0.717) is 22.7 Å². The summed E-state index contributed by atoms with van der Waals surface area (Å²) in [4.78, 5) is 29.9. The Morgan fingerprint density at radius 1 is 0.684 bits per heavy atom.